The summed E-state index contributed by atoms with van der Waals surface area (Å²) in [5, 5.41) is 0. The maximum Gasteiger partial charge on any atom is 0.311 e. The highest BCUT2D eigenvalue weighted by Crippen LogP contribution is 2.28. The number of carbonyl (C=O) groups is 1. The van der Waals surface area contributed by atoms with E-state index in [1.165, 1.54) is 11.1 Å². The van der Waals surface area contributed by atoms with Crippen molar-refractivity contribution in [3.8, 4) is 0 Å². The molecule has 1 heterocycles. The average Bonchev–Trinajstić information content (AvgIpc) is 2.79. The zero-order chi connectivity index (χ0) is 16.6. The second-order valence-electron chi connectivity index (χ2n) is 6.32. The summed E-state index contributed by atoms with van der Waals surface area (Å²) in [6.45, 7) is 10.9. The van der Waals surface area contributed by atoms with E-state index < -0.39 is 5.79 Å². The van der Waals surface area contributed by atoms with Gasteiger partial charge in [-0.25, -0.2) is 0 Å². The van der Waals surface area contributed by atoms with Gasteiger partial charge in [-0.15, -0.1) is 0 Å². The molecule has 0 spiro atoms. The van der Waals surface area contributed by atoms with Gasteiger partial charge < -0.3 is 14.2 Å². The van der Waals surface area contributed by atoms with Crippen LogP contribution in [0.2, 0.25) is 0 Å². The average molecular weight is 310 g/mol. The minimum absolute atomic E-state index is 0.0787. The van der Waals surface area contributed by atoms with Crippen molar-refractivity contribution in [2.45, 2.75) is 72.2 Å². The minimum atomic E-state index is -0.833. The molecule has 0 radical (unpaired) electrons. The van der Waals surface area contributed by atoms with E-state index in [4.69, 9.17) is 14.2 Å². The third kappa shape index (κ3) is 7.23. The lowest BCUT2D eigenvalue weighted by molar-refractivity contribution is -0.179. The molecular weight excluding hydrogens is 280 g/mol. The first-order valence-corrected chi connectivity index (χ1v) is 8.11. The van der Waals surface area contributed by atoms with Crippen molar-refractivity contribution in [2.75, 3.05) is 13.2 Å². The predicted octanol–water partition coefficient (Wildman–Crippen LogP) is 4.15. The molecule has 0 aromatic carbocycles. The fraction of sp³-hybridized carbons (Fsp3) is 0.722. The van der Waals surface area contributed by atoms with Crippen molar-refractivity contribution in [1.82, 2.24) is 0 Å². The fourth-order valence-electron chi connectivity index (χ4n) is 2.26. The van der Waals surface area contributed by atoms with E-state index in [0.717, 1.165) is 19.3 Å². The van der Waals surface area contributed by atoms with Crippen LogP contribution < -0.4 is 0 Å². The Kier molecular flexibility index (Phi) is 7.83. The second kappa shape index (κ2) is 9.11. The first-order valence-electron chi connectivity index (χ1n) is 8.11. The Hall–Kier alpha value is -1.13. The van der Waals surface area contributed by atoms with Gasteiger partial charge in [0.2, 0.25) is 0 Å². The van der Waals surface area contributed by atoms with Gasteiger partial charge in [0, 0.05) is 0 Å². The number of hydrogen-bond acceptors (Lipinski definition) is 4. The molecule has 4 nitrogen and oxygen atoms in total. The topological polar surface area (TPSA) is 44.8 Å². The zero-order valence-corrected chi connectivity index (χ0v) is 14.6. The van der Waals surface area contributed by atoms with Crippen molar-refractivity contribution in [3.63, 3.8) is 0 Å². The molecule has 1 rings (SSSR count). The van der Waals surface area contributed by atoms with E-state index >= 15 is 0 Å². The van der Waals surface area contributed by atoms with Crippen LogP contribution in [0.4, 0.5) is 0 Å². The summed E-state index contributed by atoms with van der Waals surface area (Å²) in [5.41, 5.74) is 2.56. The molecule has 0 N–H and O–H groups in total. The molecule has 0 saturated carbocycles. The molecule has 126 valence electrons. The zero-order valence-electron chi connectivity index (χ0n) is 14.6. The lowest BCUT2D eigenvalue weighted by Crippen LogP contribution is -2.31. The highest BCUT2D eigenvalue weighted by Gasteiger charge is 2.38. The Morgan fingerprint density at radius 2 is 2.05 bits per heavy atom. The molecule has 0 aromatic heterocycles. The van der Waals surface area contributed by atoms with Crippen molar-refractivity contribution in [1.29, 1.82) is 0 Å². The summed E-state index contributed by atoms with van der Waals surface area (Å²) >= 11 is 0. The lowest BCUT2D eigenvalue weighted by Gasteiger charge is -2.21. The number of rotatable bonds is 8. The third-order valence-corrected chi connectivity index (χ3v) is 3.68. The van der Waals surface area contributed by atoms with Crippen LogP contribution in [0, 0.1) is 0 Å². The number of ether oxygens (including phenoxy) is 3. The highest BCUT2D eigenvalue weighted by molar-refractivity contribution is 5.70. The molecule has 1 aliphatic rings. The molecule has 0 aliphatic carbocycles. The van der Waals surface area contributed by atoms with Crippen LogP contribution in [-0.2, 0) is 19.0 Å². The van der Waals surface area contributed by atoms with Gasteiger partial charge in [0.15, 0.2) is 5.79 Å². The van der Waals surface area contributed by atoms with Crippen molar-refractivity contribution < 1.29 is 19.0 Å². The van der Waals surface area contributed by atoms with Gasteiger partial charge >= 0.3 is 5.97 Å². The number of allylic oxidation sites excluding steroid dienone is 3. The van der Waals surface area contributed by atoms with E-state index in [-0.39, 0.29) is 18.5 Å². The highest BCUT2D eigenvalue weighted by atomic mass is 16.7. The van der Waals surface area contributed by atoms with Gasteiger partial charge in [-0.2, -0.15) is 0 Å². The summed E-state index contributed by atoms with van der Waals surface area (Å²) in [5.74, 6) is -1.12. The van der Waals surface area contributed by atoms with E-state index in [9.17, 15) is 4.79 Å². The Balaban J connectivity index is 2.27. The third-order valence-electron chi connectivity index (χ3n) is 3.68. The van der Waals surface area contributed by atoms with Crippen LogP contribution in [0.15, 0.2) is 23.3 Å². The van der Waals surface area contributed by atoms with Gasteiger partial charge in [-0.3, -0.25) is 4.79 Å². The number of esters is 1. The maximum absolute atomic E-state index is 11.9. The van der Waals surface area contributed by atoms with Crippen LogP contribution in [0.3, 0.4) is 0 Å². The van der Waals surface area contributed by atoms with Gasteiger partial charge in [-0.1, -0.05) is 24.1 Å². The molecule has 0 bridgehead atoms. The van der Waals surface area contributed by atoms with E-state index in [2.05, 4.69) is 26.8 Å². The van der Waals surface area contributed by atoms with E-state index in [1.807, 2.05) is 13.0 Å². The molecule has 1 aliphatic heterocycles. The van der Waals surface area contributed by atoms with Crippen LogP contribution in [0.25, 0.3) is 0 Å². The molecule has 0 amide bonds. The summed E-state index contributed by atoms with van der Waals surface area (Å²) in [6, 6.07) is 0. The molecule has 1 fully saturated rings. The second-order valence-corrected chi connectivity index (χ2v) is 6.32. The fourth-order valence-corrected chi connectivity index (χ4v) is 2.26. The Labute approximate surface area is 134 Å². The van der Waals surface area contributed by atoms with Gasteiger partial charge in [0.25, 0.3) is 0 Å². The van der Waals surface area contributed by atoms with E-state index in [0.29, 0.717) is 13.2 Å². The molecule has 1 saturated heterocycles. The van der Waals surface area contributed by atoms with E-state index in [1.54, 1.807) is 6.92 Å². The van der Waals surface area contributed by atoms with Gasteiger partial charge in [0.05, 0.1) is 19.1 Å². The lowest BCUT2D eigenvalue weighted by atomic mass is 10.1. The first kappa shape index (κ1) is 18.9. The first-order chi connectivity index (χ1) is 10.3. The monoisotopic (exact) mass is 310 g/mol. The summed E-state index contributed by atoms with van der Waals surface area (Å²) in [7, 11) is 0. The van der Waals surface area contributed by atoms with Gasteiger partial charge in [-0.05, 0) is 53.0 Å². The molecule has 0 aromatic rings. The summed E-state index contributed by atoms with van der Waals surface area (Å²) in [6.07, 6.45) is 7.29. The van der Waals surface area contributed by atoms with Crippen LogP contribution in [0.1, 0.15) is 60.3 Å². The standard InChI is InChI=1S/C18H30O4/c1-6-16-13-21-18(5,22-16)12-17(19)20-11-10-15(4)9-7-8-14(2)3/h8,10,16H,6-7,9,11-13H2,1-5H3/b15-10+. The molecule has 22 heavy (non-hydrogen) atoms. The Morgan fingerprint density at radius 1 is 1.32 bits per heavy atom. The minimum Gasteiger partial charge on any atom is -0.461 e. The number of hydrogen-bond donors (Lipinski definition) is 0. The van der Waals surface area contributed by atoms with Crippen molar-refractivity contribution in [2.24, 2.45) is 0 Å². The van der Waals surface area contributed by atoms with Crippen LogP contribution in [0.5, 0.6) is 0 Å². The SMILES string of the molecule is CCC1COC(C)(CC(=O)OC/C=C(\C)CCC=C(C)C)O1. The Morgan fingerprint density at radius 3 is 2.64 bits per heavy atom. The van der Waals surface area contributed by atoms with Gasteiger partial charge in [0.1, 0.15) is 6.61 Å². The smallest absolute Gasteiger partial charge is 0.311 e. The molecule has 2 atom stereocenters. The quantitative estimate of drug-likeness (QED) is 0.499. The predicted molar refractivity (Wildman–Crippen MR) is 87.5 cm³/mol. The number of carbonyl (C=O) groups excluding carboxylic acids is 1. The molecular formula is C18H30O4. The normalized spacial score (nSPS) is 25.1. The summed E-state index contributed by atoms with van der Waals surface area (Å²) in [4.78, 5) is 11.9. The van der Waals surface area contributed by atoms with Crippen molar-refractivity contribution in [3.05, 3.63) is 23.3 Å². The van der Waals surface area contributed by atoms with Crippen LogP contribution >= 0.6 is 0 Å². The van der Waals surface area contributed by atoms with Crippen molar-refractivity contribution >= 4 is 5.97 Å². The molecule has 4 heteroatoms. The maximum atomic E-state index is 11.9. The molecule has 2 unspecified atom stereocenters. The summed E-state index contributed by atoms with van der Waals surface area (Å²) < 4.78 is 16.5. The largest absolute Gasteiger partial charge is 0.461 e. The van der Waals surface area contributed by atoms with Crippen LogP contribution in [-0.4, -0.2) is 31.1 Å². The Bertz CT molecular complexity index is 421.